The number of hydrogen-bond donors (Lipinski definition) is 0. The standard InChI is InChI=1S/C20H36O2.C17H30O2.C15H28O2.2C14H26O2.5C2H6.10CH4/c1-5-19(2,3)18(21)22-20(4,16-12-8-6-9-13-16)17-14-10-7-11-15-17;1-8-14(2,3)13(18)19-17(7)11-12-9-10-16(17,6)15(12,4)5;1-6-14(2,3)13(16)17-15(4,5)12-10-8-7-9-11-12;1-6-13(2,3)12(15)16-14(4,5)11-9-7-8-10-11;1-5-13(2,3)12(15)16-14(4)10-8-6-7-9-11-14;5*1-2;;;;;;;;;;/h16-17H,5-15H2,1-4H3;12H,8-11H2,1-7H3;12H,6-11H2,1-5H3;11H,6-10H2,1-5H3;5-11H2,1-4H3;5*1-2H3;10*1H4. The van der Waals surface area contributed by atoms with Gasteiger partial charge in [-0.25, -0.2) is 0 Å². The maximum absolute atomic E-state index is 12.8. The lowest BCUT2D eigenvalue weighted by atomic mass is 9.65. The van der Waals surface area contributed by atoms with Crippen LogP contribution < -0.4 is 0 Å². The largest absolute Gasteiger partial charge is 0.459 e. The van der Waals surface area contributed by atoms with E-state index in [4.69, 9.17) is 23.7 Å². The lowest BCUT2D eigenvalue weighted by Crippen LogP contribution is -2.49. The van der Waals surface area contributed by atoms with Crippen LogP contribution in [-0.4, -0.2) is 57.9 Å². The summed E-state index contributed by atoms with van der Waals surface area (Å²) >= 11 is 0. The predicted octanol–water partition coefficient (Wildman–Crippen LogP) is 34.3. The second-order valence-corrected chi connectivity index (χ2v) is 35.6. The highest BCUT2D eigenvalue weighted by atomic mass is 16.6. The molecule has 3 atom stereocenters. The van der Waals surface area contributed by atoms with Gasteiger partial charge in [0.15, 0.2) is 0 Å². The first-order chi connectivity index (χ1) is 46.4. The van der Waals surface area contributed by atoms with Crippen LogP contribution in [0.3, 0.4) is 0 Å². The number of esters is 5. The highest BCUT2D eigenvalue weighted by Gasteiger charge is 2.69. The minimum Gasteiger partial charge on any atom is -0.459 e. The van der Waals surface area contributed by atoms with Gasteiger partial charge in [0.25, 0.3) is 0 Å². The highest BCUT2D eigenvalue weighted by molar-refractivity contribution is 5.78. The summed E-state index contributed by atoms with van der Waals surface area (Å²) in [6.45, 7) is 71.9. The molecule has 0 radical (unpaired) electrons. The molecule has 0 amide bonds. The summed E-state index contributed by atoms with van der Waals surface area (Å²) in [4.78, 5) is 61.5. The second-order valence-electron chi connectivity index (χ2n) is 35.6. The maximum atomic E-state index is 12.8. The molecular weight excluding hydrogens is 1360 g/mol. The fourth-order valence-corrected chi connectivity index (χ4v) is 15.3. The SMILES string of the molecule is C.C.C.C.C.C.C.C.C.C.CC.CC.CC.CC.CC.CCC(C)(C)C(=O)OC(C)(C)C1CCCC1.CCC(C)(C)C(=O)OC(C)(C)C1CCCCC1.CCC(C)(C)C(=O)OC(C)(C1CCCCC1)C1CCCCC1.CCC(C)(C)C(=O)OC1(C)CC2CCC1(C)C2(C)C.CCC(C)(C)C(=O)OC1(C)CCCCCC1. The highest BCUT2D eigenvalue weighted by Crippen LogP contribution is 2.71. The predicted molar refractivity (Wildman–Crippen MR) is 497 cm³/mol. The van der Waals surface area contributed by atoms with Crippen molar-refractivity contribution in [2.45, 2.75) is 556 Å². The van der Waals surface area contributed by atoms with Crippen molar-refractivity contribution in [1.29, 1.82) is 0 Å². The van der Waals surface area contributed by atoms with Crippen LogP contribution in [0, 0.1) is 67.5 Å². The third-order valence-corrected chi connectivity index (χ3v) is 26.0. The quantitative estimate of drug-likeness (QED) is 0.0700. The molecule has 7 rings (SSSR count). The fraction of sp³-hybridized carbons (Fsp3) is 0.950. The first-order valence-electron chi connectivity index (χ1n) is 42.6. The summed E-state index contributed by atoms with van der Waals surface area (Å²) in [7, 11) is 0. The normalized spacial score (nSPS) is 20.6. The third-order valence-electron chi connectivity index (χ3n) is 26.0. The Balaban J connectivity index is -0.0000000926. The third kappa shape index (κ3) is 40.5. The van der Waals surface area contributed by atoms with Crippen LogP contribution in [0.2, 0.25) is 0 Å². The van der Waals surface area contributed by atoms with Crippen molar-refractivity contribution in [1.82, 2.24) is 0 Å². The van der Waals surface area contributed by atoms with Gasteiger partial charge in [-0.2, -0.15) is 0 Å². The number of carbonyl (C=O) groups excluding carboxylic acids is 5. The minimum atomic E-state index is -0.370. The van der Waals surface area contributed by atoms with Gasteiger partial charge in [-0.3, -0.25) is 24.0 Å². The Morgan fingerprint density at radius 1 is 0.291 bits per heavy atom. The van der Waals surface area contributed by atoms with Gasteiger partial charge in [-0.05, 0) is 281 Å². The maximum Gasteiger partial charge on any atom is 0.312 e. The Morgan fingerprint density at radius 3 is 0.764 bits per heavy atom. The van der Waals surface area contributed by atoms with Crippen LogP contribution in [0.5, 0.6) is 0 Å². The van der Waals surface area contributed by atoms with Crippen LogP contribution in [0.25, 0.3) is 0 Å². The van der Waals surface area contributed by atoms with Crippen molar-refractivity contribution in [2.75, 3.05) is 0 Å². The molecule has 7 fully saturated rings. The van der Waals surface area contributed by atoms with Gasteiger partial charge < -0.3 is 23.7 Å². The molecular formula is C100H216O10. The molecule has 7 saturated carbocycles. The summed E-state index contributed by atoms with van der Waals surface area (Å²) in [5.74, 6) is 2.79. The van der Waals surface area contributed by atoms with E-state index in [1.54, 1.807) is 0 Å². The molecule has 7 aliphatic rings. The van der Waals surface area contributed by atoms with Gasteiger partial charge in [0, 0.05) is 5.41 Å². The van der Waals surface area contributed by atoms with E-state index in [-0.39, 0.29) is 170 Å². The van der Waals surface area contributed by atoms with Crippen LogP contribution >= 0.6 is 0 Å². The van der Waals surface area contributed by atoms with Crippen LogP contribution in [0.1, 0.15) is 528 Å². The van der Waals surface area contributed by atoms with Gasteiger partial charge in [0.2, 0.25) is 0 Å². The molecule has 0 aromatic heterocycles. The average molecular weight is 1580 g/mol. The molecule has 0 heterocycles. The van der Waals surface area contributed by atoms with Crippen molar-refractivity contribution in [3.8, 4) is 0 Å². The van der Waals surface area contributed by atoms with Crippen molar-refractivity contribution in [3.63, 3.8) is 0 Å². The number of rotatable bonds is 19. The summed E-state index contributed by atoms with van der Waals surface area (Å²) in [5.41, 5.74) is -2.70. The van der Waals surface area contributed by atoms with Crippen molar-refractivity contribution in [3.05, 3.63) is 0 Å². The zero-order valence-electron chi connectivity index (χ0n) is 73.8. The summed E-state index contributed by atoms with van der Waals surface area (Å²) in [5, 5.41) is 0. The van der Waals surface area contributed by atoms with E-state index in [1.165, 1.54) is 161 Å². The Kier molecular flexibility index (Phi) is 77.6. The number of fused-ring (bicyclic) bond motifs is 2. The lowest BCUT2D eigenvalue weighted by molar-refractivity contribution is -0.187. The molecule has 0 spiro atoms. The van der Waals surface area contributed by atoms with E-state index in [9.17, 15) is 24.0 Å². The minimum absolute atomic E-state index is 0. The molecule has 10 heteroatoms. The van der Waals surface area contributed by atoms with Gasteiger partial charge in [0.1, 0.15) is 28.0 Å². The van der Waals surface area contributed by atoms with Crippen molar-refractivity contribution < 1.29 is 47.7 Å². The fourth-order valence-electron chi connectivity index (χ4n) is 15.3. The second kappa shape index (κ2) is 62.6. The van der Waals surface area contributed by atoms with E-state index in [2.05, 4.69) is 83.1 Å². The topological polar surface area (TPSA) is 132 Å². The van der Waals surface area contributed by atoms with Gasteiger partial charge >= 0.3 is 29.8 Å². The molecule has 0 aromatic carbocycles. The van der Waals surface area contributed by atoms with Gasteiger partial charge in [-0.1, -0.05) is 282 Å². The van der Waals surface area contributed by atoms with Crippen LogP contribution in [0.15, 0.2) is 0 Å². The molecule has 0 aromatic rings. The van der Waals surface area contributed by atoms with E-state index < -0.39 is 0 Å². The molecule has 7 aliphatic carbocycles. The summed E-state index contributed by atoms with van der Waals surface area (Å²) in [6.07, 6.45) is 38.8. The van der Waals surface area contributed by atoms with E-state index >= 15 is 0 Å². The summed E-state index contributed by atoms with van der Waals surface area (Å²) in [6, 6.07) is 0. The zero-order valence-corrected chi connectivity index (χ0v) is 73.8. The van der Waals surface area contributed by atoms with Crippen LogP contribution in [-0.2, 0) is 47.7 Å². The molecule has 0 N–H and O–H groups in total. The van der Waals surface area contributed by atoms with Gasteiger partial charge in [0.05, 0.1) is 27.1 Å². The first kappa shape index (κ1) is 136. The molecule has 110 heavy (non-hydrogen) atoms. The lowest BCUT2D eigenvalue weighted by Gasteiger charge is -2.47. The molecule has 0 saturated heterocycles. The first-order valence-corrected chi connectivity index (χ1v) is 42.6. The molecule has 0 aliphatic heterocycles. The number of hydrogen-bond acceptors (Lipinski definition) is 10. The van der Waals surface area contributed by atoms with E-state index in [0.29, 0.717) is 29.6 Å². The number of ether oxygens (including phenoxy) is 5. The van der Waals surface area contributed by atoms with Crippen molar-refractivity contribution >= 4 is 29.8 Å². The van der Waals surface area contributed by atoms with E-state index in [0.717, 1.165) is 51.4 Å². The summed E-state index contributed by atoms with van der Waals surface area (Å²) < 4.78 is 29.7. The molecule has 10 nitrogen and oxygen atoms in total. The molecule has 3 unspecified atom stereocenters. The Labute approximate surface area is 697 Å². The van der Waals surface area contributed by atoms with Crippen LogP contribution in [0.4, 0.5) is 0 Å². The Hall–Kier alpha value is -2.65. The Morgan fingerprint density at radius 2 is 0.518 bits per heavy atom. The smallest absolute Gasteiger partial charge is 0.312 e. The zero-order chi connectivity index (χ0) is 78.6. The van der Waals surface area contributed by atoms with Crippen molar-refractivity contribution in [2.24, 2.45) is 67.5 Å². The molecule has 2 bridgehead atoms. The monoisotopic (exact) mass is 1580 g/mol. The average Bonchev–Trinajstić information content (AvgIpc) is 1.53. The van der Waals surface area contributed by atoms with E-state index in [1.807, 2.05) is 159 Å². The number of carbonyl (C=O) groups is 5. The Bertz CT molecular complexity index is 2170. The molecule has 676 valence electrons. The van der Waals surface area contributed by atoms with Gasteiger partial charge in [-0.15, -0.1) is 0 Å².